The summed E-state index contributed by atoms with van der Waals surface area (Å²) in [6.45, 7) is 0.161. The van der Waals surface area contributed by atoms with Gasteiger partial charge in [-0.1, -0.05) is 0 Å². The van der Waals surface area contributed by atoms with Crippen LogP contribution in [0.3, 0.4) is 0 Å². The van der Waals surface area contributed by atoms with Crippen LogP contribution in [0.1, 0.15) is 18.4 Å². The van der Waals surface area contributed by atoms with E-state index in [1.807, 2.05) is 0 Å². The number of hydrogen-bond acceptors (Lipinski definition) is 6. The third-order valence-corrected chi connectivity index (χ3v) is 4.55. The number of amides is 3. The summed E-state index contributed by atoms with van der Waals surface area (Å²) >= 11 is 0. The number of piperidine rings is 1. The Hall–Kier alpha value is -2.57. The number of pyridine rings is 1. The first-order valence-corrected chi connectivity index (χ1v) is 9.14. The second-order valence-corrected chi connectivity index (χ2v) is 6.98. The number of nitrogens with zero attached hydrogens (tertiary/aromatic N) is 4. The van der Waals surface area contributed by atoms with E-state index < -0.39 is 34.4 Å². The van der Waals surface area contributed by atoms with E-state index in [9.17, 15) is 18.0 Å². The Morgan fingerprint density at radius 3 is 2.73 bits per heavy atom. The molecule has 11 nitrogen and oxygen atoms in total. The van der Waals surface area contributed by atoms with Gasteiger partial charge in [0.1, 0.15) is 5.84 Å². The van der Waals surface area contributed by atoms with Crippen molar-refractivity contribution in [3.05, 3.63) is 30.1 Å². The average Bonchev–Trinajstić information content (AvgIpc) is 2.79. The highest BCUT2D eigenvalue weighted by atomic mass is 32.3. The zero-order valence-electron chi connectivity index (χ0n) is 13.6. The van der Waals surface area contributed by atoms with Gasteiger partial charge in [0.15, 0.2) is 0 Å². The van der Waals surface area contributed by atoms with Crippen molar-refractivity contribution in [1.29, 1.82) is 0 Å². The molecule has 0 aromatic carbocycles. The number of rotatable bonds is 5. The van der Waals surface area contributed by atoms with Gasteiger partial charge >= 0.3 is 16.4 Å². The molecule has 2 atom stereocenters. The fourth-order valence-corrected chi connectivity index (χ4v) is 3.46. The van der Waals surface area contributed by atoms with Crippen LogP contribution in [0.5, 0.6) is 0 Å². The Labute approximate surface area is 149 Å². The number of amidine groups is 1. The molecule has 0 unspecified atom stereocenters. The summed E-state index contributed by atoms with van der Waals surface area (Å²) in [5.41, 5.74) is 6.65. The van der Waals surface area contributed by atoms with Crippen LogP contribution in [0.15, 0.2) is 29.5 Å². The van der Waals surface area contributed by atoms with Gasteiger partial charge in [-0.05, 0) is 30.5 Å². The number of urea groups is 1. The molecule has 12 heteroatoms. The van der Waals surface area contributed by atoms with Crippen molar-refractivity contribution in [2.75, 3.05) is 6.54 Å². The number of carbonyl (C=O) groups excluding carboxylic acids is 2. The van der Waals surface area contributed by atoms with E-state index >= 15 is 0 Å². The van der Waals surface area contributed by atoms with Crippen molar-refractivity contribution >= 4 is 28.2 Å². The molecule has 1 aromatic rings. The van der Waals surface area contributed by atoms with Gasteiger partial charge in [-0.2, -0.15) is 18.5 Å². The molecule has 3 N–H and O–H groups in total. The minimum atomic E-state index is -4.81. The quantitative estimate of drug-likeness (QED) is 0.392. The first-order chi connectivity index (χ1) is 12.2. The maximum Gasteiger partial charge on any atom is 0.418 e. The second kappa shape index (κ2) is 6.97. The van der Waals surface area contributed by atoms with E-state index in [2.05, 4.69) is 14.3 Å². The SMILES string of the molecule is NC(=NC(=O)Cc1ccncc1)[C@@H]1CC[C@@H]2CN1C(=O)N2OS(=O)(=O)O. The molecular weight excluding hydrogens is 366 g/mol. The summed E-state index contributed by atoms with van der Waals surface area (Å²) in [6, 6.07) is 1.44. The topological polar surface area (TPSA) is 155 Å². The van der Waals surface area contributed by atoms with Crippen LogP contribution in [0.25, 0.3) is 0 Å². The van der Waals surface area contributed by atoms with Crippen molar-refractivity contribution in [3.63, 3.8) is 0 Å². The minimum absolute atomic E-state index is 0.0236. The molecule has 140 valence electrons. The molecule has 1 aromatic heterocycles. The highest BCUT2D eigenvalue weighted by Crippen LogP contribution is 2.30. The van der Waals surface area contributed by atoms with E-state index in [0.717, 1.165) is 5.56 Å². The minimum Gasteiger partial charge on any atom is -0.385 e. The number of aliphatic imine (C=N–C) groups is 1. The van der Waals surface area contributed by atoms with Crippen molar-refractivity contribution in [2.24, 2.45) is 10.7 Å². The lowest BCUT2D eigenvalue weighted by molar-refractivity contribution is -0.117. The molecule has 2 saturated heterocycles. The van der Waals surface area contributed by atoms with Crippen molar-refractivity contribution < 1.29 is 26.8 Å². The van der Waals surface area contributed by atoms with Crippen molar-refractivity contribution in [1.82, 2.24) is 14.9 Å². The van der Waals surface area contributed by atoms with Gasteiger partial charge in [0.05, 0.1) is 18.5 Å². The van der Waals surface area contributed by atoms with E-state index in [4.69, 9.17) is 10.3 Å². The molecule has 0 aliphatic carbocycles. The molecule has 26 heavy (non-hydrogen) atoms. The second-order valence-electron chi connectivity index (χ2n) is 5.97. The van der Waals surface area contributed by atoms with Gasteiger partial charge in [0, 0.05) is 18.9 Å². The van der Waals surface area contributed by atoms with Crippen LogP contribution in [-0.2, 0) is 25.9 Å². The third-order valence-electron chi connectivity index (χ3n) is 4.20. The molecule has 2 aliphatic rings. The monoisotopic (exact) mass is 383 g/mol. The largest absolute Gasteiger partial charge is 0.418 e. The van der Waals surface area contributed by atoms with Gasteiger partial charge in [-0.3, -0.25) is 14.3 Å². The van der Waals surface area contributed by atoms with Crippen molar-refractivity contribution in [2.45, 2.75) is 31.3 Å². The highest BCUT2D eigenvalue weighted by molar-refractivity contribution is 7.80. The van der Waals surface area contributed by atoms with Crippen LogP contribution >= 0.6 is 0 Å². The Bertz CT molecular complexity index is 843. The molecule has 3 heterocycles. The molecule has 2 fully saturated rings. The standard InChI is InChI=1S/C14H17N5O6S/c15-13(17-12(20)7-9-3-5-16-6-4-9)11-2-1-10-8-18(11)14(21)19(10)25-26(22,23)24/h3-6,10-11H,1-2,7-8H2,(H2,15,17,20)(H,22,23,24)/t10-,11+/m1/s1. The van der Waals surface area contributed by atoms with Crippen LogP contribution < -0.4 is 5.73 Å². The number of hydrogen-bond donors (Lipinski definition) is 2. The fraction of sp³-hybridized carbons (Fsp3) is 0.429. The number of aromatic nitrogens is 1. The lowest BCUT2D eigenvalue weighted by atomic mass is 10.00. The molecular formula is C14H17N5O6S. The highest BCUT2D eigenvalue weighted by Gasteiger charge is 2.48. The summed E-state index contributed by atoms with van der Waals surface area (Å²) in [6.07, 6.45) is 3.94. The zero-order valence-corrected chi connectivity index (χ0v) is 14.4. The van der Waals surface area contributed by atoms with Gasteiger partial charge in [-0.25, -0.2) is 4.79 Å². The number of hydroxylamine groups is 2. The van der Waals surface area contributed by atoms with Crippen molar-refractivity contribution in [3.8, 4) is 0 Å². The Balaban J connectivity index is 1.70. The zero-order chi connectivity index (χ0) is 18.9. The maximum absolute atomic E-state index is 12.3. The lowest BCUT2D eigenvalue weighted by Crippen LogP contribution is -2.48. The third kappa shape index (κ3) is 3.98. The van der Waals surface area contributed by atoms with Gasteiger partial charge < -0.3 is 10.6 Å². The van der Waals surface area contributed by atoms with E-state index in [1.54, 1.807) is 24.5 Å². The predicted octanol–water partition coefficient (Wildman–Crippen LogP) is -0.489. The van der Waals surface area contributed by atoms with E-state index in [1.165, 1.54) is 4.90 Å². The maximum atomic E-state index is 12.3. The summed E-state index contributed by atoms with van der Waals surface area (Å²) in [7, 11) is -4.81. The van der Waals surface area contributed by atoms with Gasteiger partial charge in [0.2, 0.25) is 0 Å². The molecule has 0 radical (unpaired) electrons. The first kappa shape index (κ1) is 18.2. The number of carbonyl (C=O) groups is 2. The molecule has 2 aliphatic heterocycles. The van der Waals surface area contributed by atoms with Crippen LogP contribution in [-0.4, -0.2) is 64.3 Å². The number of nitrogens with two attached hydrogens (primary N) is 1. The fourth-order valence-electron chi connectivity index (χ4n) is 3.07. The first-order valence-electron chi connectivity index (χ1n) is 7.77. The van der Waals surface area contributed by atoms with E-state index in [0.29, 0.717) is 17.9 Å². The normalized spacial score (nSPS) is 23.4. The summed E-state index contributed by atoms with van der Waals surface area (Å²) in [4.78, 5) is 33.4. The summed E-state index contributed by atoms with van der Waals surface area (Å²) in [5.74, 6) is -0.488. The summed E-state index contributed by atoms with van der Waals surface area (Å²) in [5, 5.41) is 0.613. The van der Waals surface area contributed by atoms with Gasteiger partial charge in [0.25, 0.3) is 5.91 Å². The Kier molecular flexibility index (Phi) is 4.89. The number of fused-ring (bicyclic) bond motifs is 2. The van der Waals surface area contributed by atoms with Crippen LogP contribution in [0.4, 0.5) is 4.79 Å². The van der Waals surface area contributed by atoms with E-state index in [-0.39, 0.29) is 18.8 Å². The molecule has 3 amide bonds. The predicted molar refractivity (Wildman–Crippen MR) is 88.0 cm³/mol. The van der Waals surface area contributed by atoms with Crippen LogP contribution in [0, 0.1) is 0 Å². The van der Waals surface area contributed by atoms with Gasteiger partial charge in [-0.15, -0.1) is 4.28 Å². The molecule has 3 rings (SSSR count). The molecule has 0 saturated carbocycles. The molecule has 2 bridgehead atoms. The Morgan fingerprint density at radius 2 is 2.08 bits per heavy atom. The molecule has 0 spiro atoms. The smallest absolute Gasteiger partial charge is 0.385 e. The summed E-state index contributed by atoms with van der Waals surface area (Å²) < 4.78 is 34.9. The van der Waals surface area contributed by atoms with Crippen LogP contribution in [0.2, 0.25) is 0 Å². The average molecular weight is 383 g/mol. The Morgan fingerprint density at radius 1 is 1.38 bits per heavy atom. The lowest BCUT2D eigenvalue weighted by Gasteiger charge is -2.29.